The molecule has 1 aliphatic rings. The van der Waals surface area contributed by atoms with Gasteiger partial charge in [-0.1, -0.05) is 23.7 Å². The van der Waals surface area contributed by atoms with Crippen molar-refractivity contribution in [2.75, 3.05) is 36.4 Å². The first-order valence-corrected chi connectivity index (χ1v) is 8.69. The van der Waals surface area contributed by atoms with Crippen LogP contribution >= 0.6 is 11.6 Å². The highest BCUT2D eigenvalue weighted by Crippen LogP contribution is 2.24. The number of rotatable bonds is 3. The van der Waals surface area contributed by atoms with Gasteiger partial charge in [0.05, 0.1) is 10.6 Å². The second-order valence-corrected chi connectivity index (χ2v) is 6.50. The summed E-state index contributed by atoms with van der Waals surface area (Å²) in [6.07, 6.45) is 0. The van der Waals surface area contributed by atoms with Crippen molar-refractivity contribution in [2.45, 2.75) is 6.92 Å². The number of hydrogen-bond donors (Lipinski definition) is 1. The molecule has 7 heteroatoms. The Bertz CT molecular complexity index is 815. The first-order valence-electron chi connectivity index (χ1n) is 8.31. The van der Waals surface area contributed by atoms with Crippen LogP contribution in [-0.2, 0) is 4.79 Å². The summed E-state index contributed by atoms with van der Waals surface area (Å²) in [7, 11) is 0. The second-order valence-electron chi connectivity index (χ2n) is 6.09. The molecule has 0 unspecified atom stereocenters. The molecule has 1 N–H and O–H groups in total. The molecule has 2 amide bonds. The molecule has 0 radical (unpaired) electrons. The molecule has 0 aromatic heterocycles. The number of carbonyl (C=O) groups excluding carboxylic acids is 2. The van der Waals surface area contributed by atoms with E-state index in [-0.39, 0.29) is 16.5 Å². The first-order chi connectivity index (χ1) is 12.5. The maximum absolute atomic E-state index is 13.9. The maximum Gasteiger partial charge on any atom is 0.260 e. The predicted octanol–water partition coefficient (Wildman–Crippen LogP) is 3.40. The smallest absolute Gasteiger partial charge is 0.260 e. The zero-order valence-electron chi connectivity index (χ0n) is 14.3. The molecule has 0 bridgehead atoms. The Labute approximate surface area is 156 Å². The van der Waals surface area contributed by atoms with Gasteiger partial charge >= 0.3 is 0 Å². The van der Waals surface area contributed by atoms with Gasteiger partial charge in [0.1, 0.15) is 5.82 Å². The summed E-state index contributed by atoms with van der Waals surface area (Å²) in [5.41, 5.74) is 1.32. The zero-order chi connectivity index (χ0) is 18.7. The lowest BCUT2D eigenvalue weighted by Crippen LogP contribution is -2.48. The number of nitrogens with one attached hydrogen (secondary N) is 1. The lowest BCUT2D eigenvalue weighted by atomic mass is 10.1. The molecule has 1 heterocycles. The Morgan fingerprint density at radius 1 is 1.08 bits per heavy atom. The van der Waals surface area contributed by atoms with E-state index in [9.17, 15) is 14.0 Å². The summed E-state index contributed by atoms with van der Waals surface area (Å²) in [5, 5.41) is 2.76. The van der Waals surface area contributed by atoms with Crippen LogP contribution < -0.4 is 10.2 Å². The normalized spacial score (nSPS) is 14.3. The minimum Gasteiger partial charge on any atom is -0.368 e. The molecule has 2 aromatic carbocycles. The largest absolute Gasteiger partial charge is 0.368 e. The van der Waals surface area contributed by atoms with E-state index in [4.69, 9.17) is 11.6 Å². The number of piperazine rings is 1. The number of nitrogens with zero attached hydrogens (tertiary/aromatic N) is 2. The molecule has 1 saturated heterocycles. The Balaban J connectivity index is 1.72. The molecular weight excluding hydrogens is 357 g/mol. The van der Waals surface area contributed by atoms with Gasteiger partial charge in [-0.25, -0.2) is 4.39 Å². The molecule has 0 aliphatic carbocycles. The second kappa shape index (κ2) is 7.74. The third-order valence-electron chi connectivity index (χ3n) is 4.38. The molecule has 0 atom stereocenters. The number of halogens is 2. The molecule has 0 spiro atoms. The van der Waals surface area contributed by atoms with E-state index in [0.717, 1.165) is 18.8 Å². The van der Waals surface area contributed by atoms with Crippen molar-refractivity contribution in [2.24, 2.45) is 0 Å². The summed E-state index contributed by atoms with van der Waals surface area (Å²) in [6, 6.07) is 11.5. The summed E-state index contributed by atoms with van der Waals surface area (Å²) in [4.78, 5) is 27.7. The van der Waals surface area contributed by atoms with Crippen LogP contribution in [0.1, 0.15) is 17.3 Å². The maximum atomic E-state index is 13.9. The standard InChI is InChI=1S/C19H19ClFN3O2/c1-13(25)23-8-10-24(11-9-23)15-5-2-4-14(12-15)22-19(26)18-16(20)6-3-7-17(18)21/h2-7,12H,8-11H2,1H3,(H,22,26). The zero-order valence-corrected chi connectivity index (χ0v) is 15.1. The van der Waals surface area contributed by atoms with E-state index in [1.807, 2.05) is 23.1 Å². The van der Waals surface area contributed by atoms with E-state index in [1.165, 1.54) is 18.2 Å². The molecule has 0 saturated carbocycles. The lowest BCUT2D eigenvalue weighted by molar-refractivity contribution is -0.129. The summed E-state index contributed by atoms with van der Waals surface area (Å²) in [6.45, 7) is 4.33. The number of anilines is 2. The van der Waals surface area contributed by atoms with E-state index in [2.05, 4.69) is 10.2 Å². The Morgan fingerprint density at radius 3 is 2.42 bits per heavy atom. The van der Waals surface area contributed by atoms with Gasteiger partial charge in [0.25, 0.3) is 5.91 Å². The van der Waals surface area contributed by atoms with Crippen LogP contribution in [0.5, 0.6) is 0 Å². The lowest BCUT2D eigenvalue weighted by Gasteiger charge is -2.35. The quantitative estimate of drug-likeness (QED) is 0.894. The fourth-order valence-electron chi connectivity index (χ4n) is 2.97. The highest BCUT2D eigenvalue weighted by Gasteiger charge is 2.20. The van der Waals surface area contributed by atoms with Gasteiger partial charge in [0.15, 0.2) is 0 Å². The van der Waals surface area contributed by atoms with Crippen LogP contribution in [-0.4, -0.2) is 42.9 Å². The van der Waals surface area contributed by atoms with Crippen LogP contribution in [0.25, 0.3) is 0 Å². The van der Waals surface area contributed by atoms with Crippen molar-refractivity contribution in [3.8, 4) is 0 Å². The molecule has 1 fully saturated rings. The van der Waals surface area contributed by atoms with Gasteiger partial charge in [-0.2, -0.15) is 0 Å². The SMILES string of the molecule is CC(=O)N1CCN(c2cccc(NC(=O)c3c(F)cccc3Cl)c2)CC1. The average molecular weight is 376 g/mol. The van der Waals surface area contributed by atoms with Crippen molar-refractivity contribution in [1.29, 1.82) is 0 Å². The third-order valence-corrected chi connectivity index (χ3v) is 4.70. The highest BCUT2D eigenvalue weighted by atomic mass is 35.5. The molecule has 3 rings (SSSR count). The molecule has 2 aromatic rings. The number of benzene rings is 2. The summed E-state index contributed by atoms with van der Waals surface area (Å²) >= 11 is 5.94. The molecule has 136 valence electrons. The number of amides is 2. The predicted molar refractivity (Wildman–Crippen MR) is 100 cm³/mol. The van der Waals surface area contributed by atoms with Crippen molar-refractivity contribution >= 4 is 34.8 Å². The van der Waals surface area contributed by atoms with Crippen LogP contribution in [0.15, 0.2) is 42.5 Å². The van der Waals surface area contributed by atoms with Gasteiger partial charge in [0.2, 0.25) is 5.91 Å². The molecule has 1 aliphatic heterocycles. The van der Waals surface area contributed by atoms with Gasteiger partial charge in [-0.05, 0) is 30.3 Å². The van der Waals surface area contributed by atoms with Gasteiger partial charge < -0.3 is 15.1 Å². The summed E-state index contributed by atoms with van der Waals surface area (Å²) < 4.78 is 13.9. The average Bonchev–Trinajstić information content (AvgIpc) is 2.62. The fraction of sp³-hybridized carbons (Fsp3) is 0.263. The van der Waals surface area contributed by atoms with Crippen molar-refractivity contribution in [3.05, 3.63) is 58.9 Å². The van der Waals surface area contributed by atoms with Crippen LogP contribution in [0.3, 0.4) is 0 Å². The van der Waals surface area contributed by atoms with Crippen molar-refractivity contribution in [1.82, 2.24) is 4.90 Å². The Morgan fingerprint density at radius 2 is 1.77 bits per heavy atom. The molecular formula is C19H19ClFN3O2. The van der Waals surface area contributed by atoms with Gasteiger partial charge in [-0.3, -0.25) is 9.59 Å². The van der Waals surface area contributed by atoms with Crippen molar-refractivity contribution in [3.63, 3.8) is 0 Å². The number of carbonyl (C=O) groups is 2. The fourth-order valence-corrected chi connectivity index (χ4v) is 3.22. The van der Waals surface area contributed by atoms with Crippen molar-refractivity contribution < 1.29 is 14.0 Å². The van der Waals surface area contributed by atoms with E-state index in [0.29, 0.717) is 18.8 Å². The third kappa shape index (κ3) is 3.96. The Hall–Kier alpha value is -2.60. The monoisotopic (exact) mass is 375 g/mol. The van der Waals surface area contributed by atoms with E-state index < -0.39 is 11.7 Å². The summed E-state index contributed by atoms with van der Waals surface area (Å²) in [5.74, 6) is -1.18. The van der Waals surface area contributed by atoms with Gasteiger partial charge in [0, 0.05) is 44.5 Å². The minimum atomic E-state index is -0.661. The van der Waals surface area contributed by atoms with Crippen LogP contribution in [0.2, 0.25) is 5.02 Å². The van der Waals surface area contributed by atoms with Gasteiger partial charge in [-0.15, -0.1) is 0 Å². The number of hydrogen-bond acceptors (Lipinski definition) is 3. The molecule has 5 nitrogen and oxygen atoms in total. The van der Waals surface area contributed by atoms with Crippen LogP contribution in [0, 0.1) is 5.82 Å². The minimum absolute atomic E-state index is 0.0685. The van der Waals surface area contributed by atoms with E-state index in [1.54, 1.807) is 13.0 Å². The molecule has 26 heavy (non-hydrogen) atoms. The highest BCUT2D eigenvalue weighted by molar-refractivity contribution is 6.34. The van der Waals surface area contributed by atoms with E-state index >= 15 is 0 Å². The Kier molecular flexibility index (Phi) is 5.42. The van der Waals surface area contributed by atoms with Crippen LogP contribution in [0.4, 0.5) is 15.8 Å². The topological polar surface area (TPSA) is 52.7 Å². The first kappa shape index (κ1) is 18.2.